The van der Waals surface area contributed by atoms with E-state index < -0.39 is 0 Å². The second kappa shape index (κ2) is 6.89. The minimum Gasteiger partial charge on any atom is -0.374 e. The van der Waals surface area contributed by atoms with Gasteiger partial charge in [-0.25, -0.2) is 9.97 Å². The van der Waals surface area contributed by atoms with Gasteiger partial charge in [0.1, 0.15) is 12.4 Å². The van der Waals surface area contributed by atoms with Crippen molar-refractivity contribution in [3.63, 3.8) is 0 Å². The highest BCUT2D eigenvalue weighted by Crippen LogP contribution is 2.18. The standard InChI is InChI=1S/C14H20N4O/c1-3-7-16-13-9-12(11-6-5-8-15-11)17-14(18-13)10-19-4-2/h5-6,8-9,15H,3-4,7,10H2,1-2H3,(H,16,17,18). The summed E-state index contributed by atoms with van der Waals surface area (Å²) in [5, 5.41) is 3.29. The van der Waals surface area contributed by atoms with Gasteiger partial charge in [-0.15, -0.1) is 0 Å². The van der Waals surface area contributed by atoms with E-state index in [0.29, 0.717) is 19.0 Å². The van der Waals surface area contributed by atoms with Gasteiger partial charge in [0.05, 0.1) is 11.4 Å². The molecule has 0 fully saturated rings. The lowest BCUT2D eigenvalue weighted by molar-refractivity contribution is 0.128. The Morgan fingerprint density at radius 1 is 1.32 bits per heavy atom. The highest BCUT2D eigenvalue weighted by Gasteiger charge is 2.07. The normalized spacial score (nSPS) is 10.6. The Morgan fingerprint density at radius 2 is 2.21 bits per heavy atom. The van der Waals surface area contributed by atoms with Gasteiger partial charge in [-0.1, -0.05) is 6.92 Å². The molecule has 0 atom stereocenters. The molecule has 19 heavy (non-hydrogen) atoms. The molecule has 2 aromatic heterocycles. The Hall–Kier alpha value is -1.88. The first-order valence-electron chi connectivity index (χ1n) is 6.66. The van der Waals surface area contributed by atoms with Gasteiger partial charge < -0.3 is 15.0 Å². The molecule has 5 heteroatoms. The fourth-order valence-electron chi connectivity index (χ4n) is 1.73. The Balaban J connectivity index is 2.25. The molecule has 0 aliphatic rings. The molecule has 0 bridgehead atoms. The van der Waals surface area contributed by atoms with Crippen LogP contribution >= 0.6 is 0 Å². The van der Waals surface area contributed by atoms with Gasteiger partial charge in [-0.2, -0.15) is 0 Å². The molecule has 0 radical (unpaired) electrons. The van der Waals surface area contributed by atoms with Crippen LogP contribution in [0.15, 0.2) is 24.4 Å². The Kier molecular flexibility index (Phi) is 4.92. The highest BCUT2D eigenvalue weighted by atomic mass is 16.5. The first kappa shape index (κ1) is 13.5. The van der Waals surface area contributed by atoms with Crippen molar-refractivity contribution in [2.75, 3.05) is 18.5 Å². The number of hydrogen-bond acceptors (Lipinski definition) is 4. The Morgan fingerprint density at radius 3 is 2.89 bits per heavy atom. The summed E-state index contributed by atoms with van der Waals surface area (Å²) in [5.74, 6) is 1.55. The minimum absolute atomic E-state index is 0.436. The van der Waals surface area contributed by atoms with Crippen molar-refractivity contribution in [1.29, 1.82) is 0 Å². The van der Waals surface area contributed by atoms with Gasteiger partial charge in [0.2, 0.25) is 0 Å². The van der Waals surface area contributed by atoms with Gasteiger partial charge in [-0.3, -0.25) is 0 Å². The molecule has 0 aromatic carbocycles. The molecular weight excluding hydrogens is 240 g/mol. The molecule has 0 spiro atoms. The van der Waals surface area contributed by atoms with Gasteiger partial charge >= 0.3 is 0 Å². The maximum atomic E-state index is 5.39. The summed E-state index contributed by atoms with van der Waals surface area (Å²) < 4.78 is 5.39. The third kappa shape index (κ3) is 3.79. The molecule has 0 unspecified atom stereocenters. The van der Waals surface area contributed by atoms with Crippen LogP contribution in [-0.4, -0.2) is 28.1 Å². The number of hydrogen-bond donors (Lipinski definition) is 2. The lowest BCUT2D eigenvalue weighted by atomic mass is 10.3. The van der Waals surface area contributed by atoms with E-state index in [1.54, 1.807) is 0 Å². The zero-order valence-electron chi connectivity index (χ0n) is 11.4. The van der Waals surface area contributed by atoms with Crippen molar-refractivity contribution in [3.8, 4) is 11.4 Å². The van der Waals surface area contributed by atoms with Crippen LogP contribution in [0.3, 0.4) is 0 Å². The molecule has 0 aliphatic carbocycles. The van der Waals surface area contributed by atoms with Crippen LogP contribution < -0.4 is 5.32 Å². The van der Waals surface area contributed by atoms with E-state index in [1.165, 1.54) is 0 Å². The molecule has 0 saturated carbocycles. The average molecular weight is 260 g/mol. The Bertz CT molecular complexity index is 470. The van der Waals surface area contributed by atoms with Crippen LogP contribution in [0.1, 0.15) is 26.1 Å². The SMILES string of the molecule is CCCNc1cc(-c2ccc[nH]2)nc(COCC)n1. The van der Waals surface area contributed by atoms with Crippen molar-refractivity contribution in [2.24, 2.45) is 0 Å². The number of ether oxygens (including phenoxy) is 1. The summed E-state index contributed by atoms with van der Waals surface area (Å²) in [7, 11) is 0. The van der Waals surface area contributed by atoms with Crippen LogP contribution in [0, 0.1) is 0 Å². The smallest absolute Gasteiger partial charge is 0.157 e. The molecule has 2 heterocycles. The molecule has 102 valence electrons. The van der Waals surface area contributed by atoms with E-state index in [4.69, 9.17) is 4.74 Å². The zero-order valence-corrected chi connectivity index (χ0v) is 11.4. The molecule has 0 aliphatic heterocycles. The number of H-pyrrole nitrogens is 1. The van der Waals surface area contributed by atoms with Gasteiger partial charge in [-0.05, 0) is 25.5 Å². The van der Waals surface area contributed by atoms with Gasteiger partial charge in [0.25, 0.3) is 0 Å². The summed E-state index contributed by atoms with van der Waals surface area (Å²) in [5.41, 5.74) is 1.87. The second-order valence-corrected chi connectivity index (χ2v) is 4.20. The predicted octanol–water partition coefficient (Wildman–Crippen LogP) is 2.83. The quantitative estimate of drug-likeness (QED) is 0.803. The average Bonchev–Trinajstić information content (AvgIpc) is 2.97. The van der Waals surface area contributed by atoms with Crippen molar-refractivity contribution >= 4 is 5.82 Å². The molecule has 2 aromatic rings. The fourth-order valence-corrected chi connectivity index (χ4v) is 1.73. The number of nitrogens with zero attached hydrogens (tertiary/aromatic N) is 2. The number of aromatic amines is 1. The minimum atomic E-state index is 0.436. The monoisotopic (exact) mass is 260 g/mol. The maximum Gasteiger partial charge on any atom is 0.157 e. The summed E-state index contributed by atoms with van der Waals surface area (Å²) in [6, 6.07) is 5.91. The summed E-state index contributed by atoms with van der Waals surface area (Å²) in [6.07, 6.45) is 2.95. The van der Waals surface area contributed by atoms with Gasteiger partial charge in [0.15, 0.2) is 5.82 Å². The van der Waals surface area contributed by atoms with Crippen LogP contribution in [-0.2, 0) is 11.3 Å². The topological polar surface area (TPSA) is 62.8 Å². The fraction of sp³-hybridized carbons (Fsp3) is 0.429. The third-order valence-corrected chi connectivity index (χ3v) is 2.64. The second-order valence-electron chi connectivity index (χ2n) is 4.20. The van der Waals surface area contributed by atoms with E-state index >= 15 is 0 Å². The van der Waals surface area contributed by atoms with E-state index in [9.17, 15) is 0 Å². The lowest BCUT2D eigenvalue weighted by Crippen LogP contribution is -2.07. The predicted molar refractivity (Wildman–Crippen MR) is 75.9 cm³/mol. The zero-order chi connectivity index (χ0) is 13.5. The van der Waals surface area contributed by atoms with Gasteiger partial charge in [0, 0.05) is 25.4 Å². The van der Waals surface area contributed by atoms with Crippen molar-refractivity contribution in [3.05, 3.63) is 30.2 Å². The number of anilines is 1. The van der Waals surface area contributed by atoms with Crippen molar-refractivity contribution < 1.29 is 4.74 Å². The maximum absolute atomic E-state index is 5.39. The molecule has 0 saturated heterocycles. The number of nitrogens with one attached hydrogen (secondary N) is 2. The van der Waals surface area contributed by atoms with E-state index in [1.807, 2.05) is 31.3 Å². The first-order valence-corrected chi connectivity index (χ1v) is 6.66. The van der Waals surface area contributed by atoms with Crippen molar-refractivity contribution in [2.45, 2.75) is 26.9 Å². The van der Waals surface area contributed by atoms with E-state index in [2.05, 4.69) is 27.2 Å². The van der Waals surface area contributed by atoms with Crippen LogP contribution in [0.25, 0.3) is 11.4 Å². The van der Waals surface area contributed by atoms with Crippen LogP contribution in [0.2, 0.25) is 0 Å². The molecule has 5 nitrogen and oxygen atoms in total. The lowest BCUT2D eigenvalue weighted by Gasteiger charge is -2.09. The third-order valence-electron chi connectivity index (χ3n) is 2.64. The Labute approximate surface area is 113 Å². The number of aromatic nitrogens is 3. The van der Waals surface area contributed by atoms with E-state index in [-0.39, 0.29) is 0 Å². The molecule has 0 amide bonds. The summed E-state index contributed by atoms with van der Waals surface area (Å²) >= 11 is 0. The van der Waals surface area contributed by atoms with Crippen LogP contribution in [0.5, 0.6) is 0 Å². The van der Waals surface area contributed by atoms with E-state index in [0.717, 1.165) is 30.2 Å². The van der Waals surface area contributed by atoms with Crippen LogP contribution in [0.4, 0.5) is 5.82 Å². The summed E-state index contributed by atoms with van der Waals surface area (Å²) in [4.78, 5) is 12.1. The summed E-state index contributed by atoms with van der Waals surface area (Å²) in [6.45, 7) is 6.08. The number of rotatable bonds is 7. The molecular formula is C14H20N4O. The highest BCUT2D eigenvalue weighted by molar-refractivity contribution is 5.58. The molecule has 2 N–H and O–H groups in total. The molecule has 2 rings (SSSR count). The largest absolute Gasteiger partial charge is 0.374 e. The first-order chi connectivity index (χ1) is 9.33. The van der Waals surface area contributed by atoms with Crippen molar-refractivity contribution in [1.82, 2.24) is 15.0 Å².